The highest BCUT2D eigenvalue weighted by molar-refractivity contribution is 5.48. The van der Waals surface area contributed by atoms with Gasteiger partial charge in [-0.05, 0) is 58.1 Å². The Labute approximate surface area is 115 Å². The summed E-state index contributed by atoms with van der Waals surface area (Å²) in [6, 6.07) is 4.17. The van der Waals surface area contributed by atoms with Crippen LogP contribution in [0.2, 0.25) is 0 Å². The van der Waals surface area contributed by atoms with Gasteiger partial charge in [-0.25, -0.2) is 0 Å². The first-order valence-electron chi connectivity index (χ1n) is 6.69. The SMILES string of the molecule is CNCC(C)(C)N(C)Cc1cc2c(cc1C)OCO2. The Bertz CT molecular complexity index is 458. The summed E-state index contributed by atoms with van der Waals surface area (Å²) in [5, 5.41) is 3.24. The zero-order valence-corrected chi connectivity index (χ0v) is 12.5. The van der Waals surface area contributed by atoms with E-state index < -0.39 is 0 Å². The summed E-state index contributed by atoms with van der Waals surface area (Å²) >= 11 is 0. The van der Waals surface area contributed by atoms with E-state index in [0.717, 1.165) is 24.6 Å². The Balaban J connectivity index is 2.15. The first-order chi connectivity index (χ1) is 8.94. The predicted molar refractivity (Wildman–Crippen MR) is 76.8 cm³/mol. The monoisotopic (exact) mass is 264 g/mol. The molecular weight excluding hydrogens is 240 g/mol. The van der Waals surface area contributed by atoms with E-state index in [0.29, 0.717) is 6.79 Å². The number of benzene rings is 1. The van der Waals surface area contributed by atoms with Crippen molar-refractivity contribution in [1.82, 2.24) is 10.2 Å². The van der Waals surface area contributed by atoms with Gasteiger partial charge in [-0.3, -0.25) is 4.90 Å². The molecule has 0 aromatic heterocycles. The van der Waals surface area contributed by atoms with Crippen LogP contribution in [0.15, 0.2) is 12.1 Å². The summed E-state index contributed by atoms with van der Waals surface area (Å²) in [4.78, 5) is 2.36. The quantitative estimate of drug-likeness (QED) is 0.883. The molecule has 0 amide bonds. The second-order valence-corrected chi connectivity index (χ2v) is 5.83. The summed E-state index contributed by atoms with van der Waals surface area (Å²) in [5.41, 5.74) is 2.64. The van der Waals surface area contributed by atoms with Crippen LogP contribution in [-0.2, 0) is 6.54 Å². The minimum absolute atomic E-state index is 0.109. The standard InChI is InChI=1S/C15H24N2O2/c1-11-6-13-14(19-10-18-13)7-12(11)8-17(5)15(2,3)9-16-4/h6-7,16H,8-10H2,1-5H3. The van der Waals surface area contributed by atoms with Gasteiger partial charge < -0.3 is 14.8 Å². The zero-order chi connectivity index (χ0) is 14.0. The van der Waals surface area contributed by atoms with Crippen LogP contribution in [0.25, 0.3) is 0 Å². The molecule has 0 aliphatic carbocycles. The van der Waals surface area contributed by atoms with Crippen molar-refractivity contribution in [2.24, 2.45) is 0 Å². The van der Waals surface area contributed by atoms with Gasteiger partial charge in [0.2, 0.25) is 6.79 Å². The van der Waals surface area contributed by atoms with Crippen molar-refractivity contribution in [2.45, 2.75) is 32.9 Å². The maximum Gasteiger partial charge on any atom is 0.231 e. The number of fused-ring (bicyclic) bond motifs is 1. The Morgan fingerprint density at radius 2 is 1.89 bits per heavy atom. The lowest BCUT2D eigenvalue weighted by molar-refractivity contribution is 0.147. The van der Waals surface area contributed by atoms with Crippen LogP contribution in [0.5, 0.6) is 11.5 Å². The number of aryl methyl sites for hydroxylation is 1. The first kappa shape index (κ1) is 14.2. The Morgan fingerprint density at radius 1 is 1.26 bits per heavy atom. The summed E-state index contributed by atoms with van der Waals surface area (Å²) in [6.07, 6.45) is 0. The molecular formula is C15H24N2O2. The molecule has 2 rings (SSSR count). The molecule has 0 spiro atoms. The fourth-order valence-electron chi connectivity index (χ4n) is 2.29. The topological polar surface area (TPSA) is 33.7 Å². The van der Waals surface area contributed by atoms with Gasteiger partial charge in [0, 0.05) is 18.6 Å². The highest BCUT2D eigenvalue weighted by Gasteiger charge is 2.24. The van der Waals surface area contributed by atoms with Gasteiger partial charge in [0.1, 0.15) is 0 Å². The number of hydrogen-bond donors (Lipinski definition) is 1. The van der Waals surface area contributed by atoms with Crippen LogP contribution in [-0.4, -0.2) is 37.9 Å². The van der Waals surface area contributed by atoms with Crippen molar-refractivity contribution < 1.29 is 9.47 Å². The molecule has 0 fully saturated rings. The second-order valence-electron chi connectivity index (χ2n) is 5.83. The van der Waals surface area contributed by atoms with Crippen molar-refractivity contribution in [3.05, 3.63) is 23.3 Å². The van der Waals surface area contributed by atoms with Crippen molar-refractivity contribution in [3.63, 3.8) is 0 Å². The van der Waals surface area contributed by atoms with E-state index in [-0.39, 0.29) is 5.54 Å². The fraction of sp³-hybridized carbons (Fsp3) is 0.600. The summed E-state index contributed by atoms with van der Waals surface area (Å²) in [5.74, 6) is 1.72. The van der Waals surface area contributed by atoms with Crippen molar-refractivity contribution >= 4 is 0 Å². The molecule has 1 aliphatic heterocycles. The number of nitrogens with zero attached hydrogens (tertiary/aromatic N) is 1. The minimum atomic E-state index is 0.109. The zero-order valence-electron chi connectivity index (χ0n) is 12.5. The number of likely N-dealkylation sites (N-methyl/N-ethyl adjacent to an activating group) is 2. The third-order valence-electron chi connectivity index (χ3n) is 3.88. The molecule has 1 N–H and O–H groups in total. The largest absolute Gasteiger partial charge is 0.454 e. The average molecular weight is 264 g/mol. The highest BCUT2D eigenvalue weighted by atomic mass is 16.7. The van der Waals surface area contributed by atoms with Crippen molar-refractivity contribution in [2.75, 3.05) is 27.4 Å². The lowest BCUT2D eigenvalue weighted by Crippen LogP contribution is -2.47. The Kier molecular flexibility index (Phi) is 4.02. The Hall–Kier alpha value is -1.26. The van der Waals surface area contributed by atoms with E-state index in [2.05, 4.69) is 50.2 Å². The van der Waals surface area contributed by atoms with Crippen LogP contribution < -0.4 is 14.8 Å². The normalized spacial score (nSPS) is 14.2. The van der Waals surface area contributed by atoms with Gasteiger partial charge in [0.05, 0.1) is 0 Å². The molecule has 106 valence electrons. The summed E-state index contributed by atoms with van der Waals surface area (Å²) < 4.78 is 10.9. The third kappa shape index (κ3) is 3.01. The van der Waals surface area contributed by atoms with Crippen LogP contribution in [0.4, 0.5) is 0 Å². The third-order valence-corrected chi connectivity index (χ3v) is 3.88. The molecule has 0 unspecified atom stereocenters. The molecule has 1 aliphatic rings. The molecule has 4 heteroatoms. The van der Waals surface area contributed by atoms with Gasteiger partial charge in [0.25, 0.3) is 0 Å². The van der Waals surface area contributed by atoms with E-state index in [9.17, 15) is 0 Å². The lowest BCUT2D eigenvalue weighted by Gasteiger charge is -2.36. The molecule has 0 radical (unpaired) electrons. The van der Waals surface area contributed by atoms with E-state index in [1.54, 1.807) is 0 Å². The summed E-state index contributed by atoms with van der Waals surface area (Å²) in [6.45, 7) is 8.79. The number of ether oxygens (including phenoxy) is 2. The van der Waals surface area contributed by atoms with Gasteiger partial charge in [0.15, 0.2) is 11.5 Å². The average Bonchev–Trinajstić information content (AvgIpc) is 2.76. The van der Waals surface area contributed by atoms with Crippen molar-refractivity contribution in [3.8, 4) is 11.5 Å². The maximum absolute atomic E-state index is 5.46. The Morgan fingerprint density at radius 3 is 2.53 bits per heavy atom. The van der Waals surface area contributed by atoms with E-state index >= 15 is 0 Å². The molecule has 0 bridgehead atoms. The molecule has 19 heavy (non-hydrogen) atoms. The molecule has 1 heterocycles. The lowest BCUT2D eigenvalue weighted by atomic mass is 10.0. The van der Waals surface area contributed by atoms with Gasteiger partial charge in [-0.1, -0.05) is 0 Å². The van der Waals surface area contributed by atoms with Crippen LogP contribution >= 0.6 is 0 Å². The minimum Gasteiger partial charge on any atom is -0.454 e. The first-order valence-corrected chi connectivity index (χ1v) is 6.69. The predicted octanol–water partition coefficient (Wildman–Crippen LogP) is 2.15. The highest BCUT2D eigenvalue weighted by Crippen LogP contribution is 2.35. The summed E-state index contributed by atoms with van der Waals surface area (Å²) in [7, 11) is 4.14. The molecule has 1 aromatic rings. The fourth-order valence-corrected chi connectivity index (χ4v) is 2.29. The van der Waals surface area contributed by atoms with E-state index in [1.807, 2.05) is 7.05 Å². The van der Waals surface area contributed by atoms with Crippen LogP contribution in [0.3, 0.4) is 0 Å². The number of hydrogen-bond acceptors (Lipinski definition) is 4. The number of rotatable bonds is 5. The maximum atomic E-state index is 5.46. The van der Waals surface area contributed by atoms with Crippen LogP contribution in [0, 0.1) is 6.92 Å². The molecule has 0 atom stereocenters. The van der Waals surface area contributed by atoms with Gasteiger partial charge in [-0.2, -0.15) is 0 Å². The van der Waals surface area contributed by atoms with E-state index in [4.69, 9.17) is 9.47 Å². The molecule has 0 saturated carbocycles. The molecule has 1 aromatic carbocycles. The second kappa shape index (κ2) is 5.39. The van der Waals surface area contributed by atoms with Crippen LogP contribution in [0.1, 0.15) is 25.0 Å². The van der Waals surface area contributed by atoms with Gasteiger partial charge >= 0.3 is 0 Å². The van der Waals surface area contributed by atoms with Gasteiger partial charge in [-0.15, -0.1) is 0 Å². The van der Waals surface area contributed by atoms with Crippen molar-refractivity contribution in [1.29, 1.82) is 0 Å². The molecule has 0 saturated heterocycles. The molecule has 4 nitrogen and oxygen atoms in total. The van der Waals surface area contributed by atoms with E-state index in [1.165, 1.54) is 11.1 Å². The number of nitrogens with one attached hydrogen (secondary N) is 1. The smallest absolute Gasteiger partial charge is 0.231 e.